The van der Waals surface area contributed by atoms with Crippen LogP contribution in [0.25, 0.3) is 44.2 Å². The highest BCUT2D eigenvalue weighted by Gasteiger charge is 2.63. The minimum Gasteiger partial charge on any atom is -0.310 e. The lowest BCUT2D eigenvalue weighted by Gasteiger charge is -2.61. The summed E-state index contributed by atoms with van der Waals surface area (Å²) in [5.74, 6) is 6.84. The second-order valence-corrected chi connectivity index (χ2v) is 21.3. The molecule has 7 aromatic rings. The normalized spacial score (nSPS) is 32.4. The van der Waals surface area contributed by atoms with Gasteiger partial charge in [0.05, 0.1) is 0 Å². The third-order valence-corrected chi connectivity index (χ3v) is 18.8. The topological polar surface area (TPSA) is 3.24 Å². The zero-order valence-corrected chi connectivity index (χ0v) is 35.1. The van der Waals surface area contributed by atoms with Gasteiger partial charge in [-0.15, -0.1) is 0 Å². The summed E-state index contributed by atoms with van der Waals surface area (Å²) in [5.41, 5.74) is 19.1. The van der Waals surface area contributed by atoms with Crippen LogP contribution in [0.15, 0.2) is 152 Å². The van der Waals surface area contributed by atoms with Crippen molar-refractivity contribution in [2.24, 2.45) is 47.3 Å². The lowest BCUT2D eigenvalue weighted by Crippen LogP contribution is -2.55. The van der Waals surface area contributed by atoms with Crippen LogP contribution in [0.2, 0.25) is 0 Å². The molecule has 8 fully saturated rings. The maximum atomic E-state index is 2.61. The fraction of sp³-hybridized carbons (Fsp3) is 0.333. The highest BCUT2D eigenvalue weighted by molar-refractivity contribution is 5.97. The van der Waals surface area contributed by atoms with Gasteiger partial charge in [-0.3, -0.25) is 0 Å². The van der Waals surface area contributed by atoms with Crippen molar-refractivity contribution in [2.75, 3.05) is 4.90 Å². The second kappa shape index (κ2) is 12.2. The van der Waals surface area contributed by atoms with Crippen molar-refractivity contribution in [1.82, 2.24) is 0 Å². The van der Waals surface area contributed by atoms with Gasteiger partial charge in [0, 0.05) is 27.9 Å². The molecule has 8 saturated carbocycles. The molecule has 1 heteroatoms. The number of fused-ring (bicyclic) bond motifs is 7. The third kappa shape index (κ3) is 4.39. The van der Waals surface area contributed by atoms with E-state index in [9.17, 15) is 0 Å². The molecule has 0 aromatic heterocycles. The van der Waals surface area contributed by atoms with Crippen LogP contribution >= 0.6 is 0 Å². The van der Waals surface area contributed by atoms with E-state index in [0.29, 0.717) is 0 Å². The van der Waals surface area contributed by atoms with Gasteiger partial charge in [-0.1, -0.05) is 115 Å². The van der Waals surface area contributed by atoms with E-state index in [1.165, 1.54) is 125 Å². The van der Waals surface area contributed by atoms with E-state index in [0.717, 1.165) is 47.3 Å². The summed E-state index contributed by atoms with van der Waals surface area (Å²) >= 11 is 0. The van der Waals surface area contributed by atoms with E-state index in [1.54, 1.807) is 22.3 Å². The maximum Gasteiger partial charge on any atom is 0.0468 e. The maximum absolute atomic E-state index is 2.61. The Labute approximate surface area is 360 Å². The number of hydrogen-bond donors (Lipinski definition) is 0. The summed E-state index contributed by atoms with van der Waals surface area (Å²) in [6.07, 6.45) is 14.3. The number of hydrogen-bond acceptors (Lipinski definition) is 1. The summed E-state index contributed by atoms with van der Waals surface area (Å²) in [5, 5.41) is 2.60. The van der Waals surface area contributed by atoms with Crippen LogP contribution < -0.4 is 4.90 Å². The molecule has 1 nitrogen and oxygen atoms in total. The summed E-state index contributed by atoms with van der Waals surface area (Å²) in [4.78, 5) is 2.60. The van der Waals surface area contributed by atoms with Gasteiger partial charge >= 0.3 is 0 Å². The minimum absolute atomic E-state index is 0.174. The summed E-state index contributed by atoms with van der Waals surface area (Å²) < 4.78 is 0. The monoisotopic (exact) mass is 787 g/mol. The lowest BCUT2D eigenvalue weighted by molar-refractivity contribution is -0.0399. The number of rotatable bonds is 4. The molecule has 17 rings (SSSR count). The third-order valence-electron chi connectivity index (χ3n) is 18.8. The van der Waals surface area contributed by atoms with E-state index in [4.69, 9.17) is 0 Å². The zero-order chi connectivity index (χ0) is 39.6. The SMILES string of the molecule is c1ccc2c(c1)-c1cc(N(c3ccc(-c4cccc5ccccc45)cc3)c3ccc4c(c3)-c3ccccc3C43C4CC5CC(C4)CC3C5)ccc1C21C2CC3CC(C2)CC1C3. The van der Waals surface area contributed by atoms with Gasteiger partial charge in [0.1, 0.15) is 0 Å². The molecular weight excluding hydrogens is 735 g/mol. The van der Waals surface area contributed by atoms with Crippen LogP contribution in [0, 0.1) is 47.3 Å². The lowest BCUT2D eigenvalue weighted by atomic mass is 9.43. The number of anilines is 3. The molecule has 8 bridgehead atoms. The zero-order valence-electron chi connectivity index (χ0n) is 35.1. The molecule has 2 spiro atoms. The number of benzene rings is 7. The molecule has 0 saturated heterocycles. The molecule has 0 atom stereocenters. The molecule has 298 valence electrons. The summed E-state index contributed by atoms with van der Waals surface area (Å²) in [7, 11) is 0. The standard InChI is InChI=1S/C60H53N/c1-2-10-49-40(8-1)9-7-13-50(49)41-16-18-46(19-17-41)61(47-20-22-57-53(34-47)51-11-3-5-14-55(51)59(57)42-26-36-24-37(28-42)29-43(59)27-36)48-21-23-58-54(35-48)52-12-4-6-15-56(52)60(58)44-30-38-25-39(32-44)33-45(60)31-38/h1-23,34-39,42-45H,24-33H2. The predicted molar refractivity (Wildman–Crippen MR) is 251 cm³/mol. The van der Waals surface area contributed by atoms with Crippen molar-refractivity contribution in [3.8, 4) is 33.4 Å². The summed E-state index contributed by atoms with van der Waals surface area (Å²) in [6, 6.07) is 59.7. The van der Waals surface area contributed by atoms with E-state index >= 15 is 0 Å². The number of nitrogens with zero attached hydrogens (tertiary/aromatic N) is 1. The van der Waals surface area contributed by atoms with Crippen molar-refractivity contribution in [3.63, 3.8) is 0 Å². The molecule has 0 N–H and O–H groups in total. The molecule has 61 heavy (non-hydrogen) atoms. The van der Waals surface area contributed by atoms with Gasteiger partial charge in [0.15, 0.2) is 0 Å². The van der Waals surface area contributed by atoms with Crippen LogP contribution in [0.4, 0.5) is 17.1 Å². The highest BCUT2D eigenvalue weighted by Crippen LogP contribution is 2.71. The van der Waals surface area contributed by atoms with E-state index in [1.807, 2.05) is 0 Å². The Hall–Kier alpha value is -5.40. The van der Waals surface area contributed by atoms with E-state index < -0.39 is 0 Å². The Kier molecular flexibility index (Phi) is 6.82. The van der Waals surface area contributed by atoms with E-state index in [-0.39, 0.29) is 10.8 Å². The molecule has 0 amide bonds. The molecule has 0 radical (unpaired) electrons. The van der Waals surface area contributed by atoms with Gasteiger partial charge in [0.25, 0.3) is 0 Å². The van der Waals surface area contributed by atoms with Crippen molar-refractivity contribution in [3.05, 3.63) is 174 Å². The Bertz CT molecular complexity index is 2760. The molecule has 0 aliphatic heterocycles. The van der Waals surface area contributed by atoms with Crippen molar-refractivity contribution < 1.29 is 0 Å². The van der Waals surface area contributed by atoms with E-state index in [2.05, 4.69) is 157 Å². The minimum atomic E-state index is 0.174. The second-order valence-electron chi connectivity index (χ2n) is 21.3. The van der Waals surface area contributed by atoms with Crippen LogP contribution in [0.3, 0.4) is 0 Å². The van der Waals surface area contributed by atoms with Crippen molar-refractivity contribution >= 4 is 27.8 Å². The van der Waals surface area contributed by atoms with Gasteiger partial charge in [0.2, 0.25) is 0 Å². The molecule has 10 aliphatic rings. The van der Waals surface area contributed by atoms with Crippen LogP contribution in [0.5, 0.6) is 0 Å². The smallest absolute Gasteiger partial charge is 0.0468 e. The molecule has 0 unspecified atom stereocenters. The quantitative estimate of drug-likeness (QED) is 0.172. The molecule has 7 aromatic carbocycles. The first-order valence-electron chi connectivity index (χ1n) is 24.0. The largest absolute Gasteiger partial charge is 0.310 e. The summed E-state index contributed by atoms with van der Waals surface area (Å²) in [6.45, 7) is 0. The van der Waals surface area contributed by atoms with Gasteiger partial charge in [-0.05, 0) is 214 Å². The first-order chi connectivity index (χ1) is 30.1. The first kappa shape index (κ1) is 34.2. The predicted octanol–water partition coefficient (Wildman–Crippen LogP) is 15.4. The molecule has 10 aliphatic carbocycles. The van der Waals surface area contributed by atoms with Gasteiger partial charge < -0.3 is 4.90 Å². The van der Waals surface area contributed by atoms with Gasteiger partial charge in [-0.25, -0.2) is 0 Å². The van der Waals surface area contributed by atoms with Crippen LogP contribution in [-0.4, -0.2) is 0 Å². The molecular formula is C60H53N. The van der Waals surface area contributed by atoms with Gasteiger partial charge in [-0.2, -0.15) is 0 Å². The van der Waals surface area contributed by atoms with Crippen molar-refractivity contribution in [2.45, 2.75) is 75.0 Å². The van der Waals surface area contributed by atoms with Crippen molar-refractivity contribution in [1.29, 1.82) is 0 Å². The first-order valence-corrected chi connectivity index (χ1v) is 24.0. The fourth-order valence-electron chi connectivity index (χ4n) is 17.3. The van der Waals surface area contributed by atoms with Crippen LogP contribution in [0.1, 0.15) is 86.5 Å². The Morgan fingerprint density at radius 1 is 0.328 bits per heavy atom. The fourth-order valence-corrected chi connectivity index (χ4v) is 17.3. The van der Waals surface area contributed by atoms with Crippen LogP contribution in [-0.2, 0) is 10.8 Å². The average Bonchev–Trinajstić information content (AvgIpc) is 3.75. The Balaban J connectivity index is 0.914. The average molecular weight is 788 g/mol. The highest BCUT2D eigenvalue weighted by atomic mass is 15.1. The molecule has 0 heterocycles. The Morgan fingerprint density at radius 3 is 1.26 bits per heavy atom. The Morgan fingerprint density at radius 2 is 0.738 bits per heavy atom.